The summed E-state index contributed by atoms with van der Waals surface area (Å²) in [4.78, 5) is 13.3. The number of non-ortho nitro benzene ring substituents is 1. The van der Waals surface area contributed by atoms with E-state index in [0.29, 0.717) is 16.8 Å². The van der Waals surface area contributed by atoms with E-state index in [1.165, 1.54) is 12.1 Å². The fraction of sp³-hybridized carbons (Fsp3) is 0.222. The number of rotatable bonds is 1. The van der Waals surface area contributed by atoms with Crippen LogP contribution in [-0.4, -0.2) is 4.92 Å². The highest BCUT2D eigenvalue weighted by Gasteiger charge is 2.10. The molecule has 0 aliphatic rings. The van der Waals surface area contributed by atoms with Crippen LogP contribution >= 0.6 is 0 Å². The van der Waals surface area contributed by atoms with Gasteiger partial charge in [-0.1, -0.05) is 0 Å². The first-order valence-electron chi connectivity index (χ1n) is 3.69. The molecule has 0 atom stereocenters. The summed E-state index contributed by atoms with van der Waals surface area (Å²) >= 11 is 0. The van der Waals surface area contributed by atoms with Gasteiger partial charge in [0.05, 0.1) is 11.5 Å². The normalized spacial score (nSPS) is 9.31. The van der Waals surface area contributed by atoms with Crippen LogP contribution in [0.5, 0.6) is 0 Å². The van der Waals surface area contributed by atoms with Gasteiger partial charge in [0, 0.05) is 12.1 Å². The van der Waals surface area contributed by atoms with Crippen LogP contribution in [0, 0.1) is 30.5 Å². The lowest BCUT2D eigenvalue weighted by molar-refractivity contribution is -0.384. The van der Waals surface area contributed by atoms with Crippen molar-refractivity contribution < 1.29 is 4.92 Å². The molecule has 0 spiro atoms. The predicted octanol–water partition coefficient (Wildman–Crippen LogP) is 2.76. The largest absolute Gasteiger partial charge is 0.267 e. The maximum Gasteiger partial charge on any atom is 0.267 e. The zero-order valence-corrected chi connectivity index (χ0v) is 7.37. The van der Waals surface area contributed by atoms with Gasteiger partial charge in [0.2, 0.25) is 0 Å². The number of hydrogen-bond donors (Lipinski definition) is 0. The van der Waals surface area contributed by atoms with Gasteiger partial charge in [0.1, 0.15) is 0 Å². The van der Waals surface area contributed by atoms with E-state index in [2.05, 4.69) is 4.85 Å². The molecule has 4 heteroatoms. The summed E-state index contributed by atoms with van der Waals surface area (Å²) in [7, 11) is 0. The summed E-state index contributed by atoms with van der Waals surface area (Å²) < 4.78 is 0. The maximum atomic E-state index is 10.4. The summed E-state index contributed by atoms with van der Waals surface area (Å²) in [6.45, 7) is 10.3. The molecule has 0 bridgehead atoms. The van der Waals surface area contributed by atoms with Gasteiger partial charge in [0.15, 0.2) is 5.69 Å². The Morgan fingerprint density at radius 2 is 1.85 bits per heavy atom. The average molecular weight is 176 g/mol. The van der Waals surface area contributed by atoms with E-state index in [0.717, 1.165) is 0 Å². The number of nitro benzene ring substituents is 1. The zero-order valence-electron chi connectivity index (χ0n) is 7.37. The van der Waals surface area contributed by atoms with Crippen LogP contribution in [0.4, 0.5) is 11.4 Å². The van der Waals surface area contributed by atoms with E-state index in [4.69, 9.17) is 6.57 Å². The highest BCUT2D eigenvalue weighted by molar-refractivity contribution is 5.61. The summed E-state index contributed by atoms with van der Waals surface area (Å²) in [5, 5.41) is 10.4. The quantitative estimate of drug-likeness (QED) is 0.375. The zero-order chi connectivity index (χ0) is 10.0. The van der Waals surface area contributed by atoms with Gasteiger partial charge in [-0.05, 0) is 25.0 Å². The van der Waals surface area contributed by atoms with Crippen LogP contribution in [0.15, 0.2) is 12.1 Å². The highest BCUT2D eigenvalue weighted by Crippen LogP contribution is 2.28. The lowest BCUT2D eigenvalue weighted by Crippen LogP contribution is -1.90. The van der Waals surface area contributed by atoms with Crippen LogP contribution in [0.2, 0.25) is 0 Å². The van der Waals surface area contributed by atoms with Gasteiger partial charge >= 0.3 is 0 Å². The third kappa shape index (κ3) is 1.64. The molecule has 0 saturated carbocycles. The number of benzene rings is 1. The third-order valence-corrected chi connectivity index (χ3v) is 1.80. The maximum absolute atomic E-state index is 10.4. The molecule has 0 unspecified atom stereocenters. The van der Waals surface area contributed by atoms with Gasteiger partial charge < -0.3 is 0 Å². The summed E-state index contributed by atoms with van der Waals surface area (Å²) in [6.07, 6.45) is 0. The van der Waals surface area contributed by atoms with Gasteiger partial charge in [0.25, 0.3) is 5.69 Å². The Balaban J connectivity index is 3.39. The first kappa shape index (κ1) is 9.20. The van der Waals surface area contributed by atoms with Crippen LogP contribution in [0.25, 0.3) is 4.85 Å². The first-order valence-corrected chi connectivity index (χ1v) is 3.69. The molecule has 0 aliphatic carbocycles. The van der Waals surface area contributed by atoms with Gasteiger partial charge in [-0.25, -0.2) is 4.85 Å². The van der Waals surface area contributed by atoms with E-state index in [1.54, 1.807) is 13.8 Å². The third-order valence-electron chi connectivity index (χ3n) is 1.80. The molecule has 0 amide bonds. The molecule has 1 aromatic rings. The molecule has 0 heterocycles. The van der Waals surface area contributed by atoms with Crippen molar-refractivity contribution in [2.24, 2.45) is 0 Å². The van der Waals surface area contributed by atoms with E-state index in [9.17, 15) is 10.1 Å². The second kappa shape index (κ2) is 3.23. The molecule has 0 radical (unpaired) electrons. The summed E-state index contributed by atoms with van der Waals surface area (Å²) in [5.74, 6) is 0. The van der Waals surface area contributed by atoms with Crippen molar-refractivity contribution in [2.45, 2.75) is 13.8 Å². The van der Waals surface area contributed by atoms with E-state index < -0.39 is 4.92 Å². The van der Waals surface area contributed by atoms with Crippen LogP contribution < -0.4 is 0 Å². The predicted molar refractivity (Wildman–Crippen MR) is 48.8 cm³/mol. The molecular formula is C9H8N2O2. The van der Waals surface area contributed by atoms with E-state index in [-0.39, 0.29) is 5.69 Å². The van der Waals surface area contributed by atoms with Crippen molar-refractivity contribution in [2.75, 3.05) is 0 Å². The Hall–Kier alpha value is -1.89. The molecule has 1 aromatic carbocycles. The Morgan fingerprint density at radius 3 is 2.15 bits per heavy atom. The van der Waals surface area contributed by atoms with Crippen LogP contribution in [0.1, 0.15) is 11.1 Å². The smallest absolute Gasteiger partial charge is 0.258 e. The van der Waals surface area contributed by atoms with Crippen LogP contribution in [-0.2, 0) is 0 Å². The van der Waals surface area contributed by atoms with Crippen LogP contribution in [0.3, 0.4) is 0 Å². The minimum atomic E-state index is -0.451. The Bertz CT molecular complexity index is 382. The highest BCUT2D eigenvalue weighted by atomic mass is 16.6. The molecule has 1 rings (SSSR count). The van der Waals surface area contributed by atoms with Gasteiger partial charge in [-0.15, -0.1) is 0 Å². The lowest BCUT2D eigenvalue weighted by Gasteiger charge is -2.00. The standard InChI is InChI=1S/C9H8N2O2/c1-6-4-8(11(12)13)5-7(2)9(6)10-3/h4-5H,1-2H3. The number of nitro groups is 1. The molecule has 0 N–H and O–H groups in total. The van der Waals surface area contributed by atoms with E-state index in [1.807, 2.05) is 0 Å². The molecule has 0 aliphatic heterocycles. The molecule has 66 valence electrons. The number of hydrogen-bond acceptors (Lipinski definition) is 2. The second-order valence-electron chi connectivity index (χ2n) is 2.80. The SMILES string of the molecule is [C-]#[N+]c1c(C)cc([N+](=O)[O-])cc1C. The fourth-order valence-electron chi connectivity index (χ4n) is 1.21. The summed E-state index contributed by atoms with van der Waals surface area (Å²) in [6, 6.07) is 2.83. The first-order chi connectivity index (χ1) is 6.06. The molecule has 4 nitrogen and oxygen atoms in total. The minimum absolute atomic E-state index is 0.0439. The second-order valence-corrected chi connectivity index (χ2v) is 2.80. The summed E-state index contributed by atoms with van der Waals surface area (Å²) in [5.41, 5.74) is 1.86. The molecule has 0 saturated heterocycles. The Kier molecular flexibility index (Phi) is 2.29. The lowest BCUT2D eigenvalue weighted by atomic mass is 10.1. The number of nitrogens with zero attached hydrogens (tertiary/aromatic N) is 2. The van der Waals surface area contributed by atoms with E-state index >= 15 is 0 Å². The fourth-order valence-corrected chi connectivity index (χ4v) is 1.21. The Morgan fingerprint density at radius 1 is 1.38 bits per heavy atom. The molecular weight excluding hydrogens is 168 g/mol. The van der Waals surface area contributed by atoms with Crippen molar-refractivity contribution in [3.63, 3.8) is 0 Å². The number of aryl methyl sites for hydroxylation is 2. The topological polar surface area (TPSA) is 47.5 Å². The monoisotopic (exact) mass is 176 g/mol. The average Bonchev–Trinajstić information content (AvgIpc) is 2.03. The van der Waals surface area contributed by atoms with Crippen molar-refractivity contribution in [3.05, 3.63) is 44.8 Å². The molecule has 13 heavy (non-hydrogen) atoms. The van der Waals surface area contributed by atoms with Crippen molar-refractivity contribution in [1.29, 1.82) is 0 Å². The van der Waals surface area contributed by atoms with Gasteiger partial charge in [-0.2, -0.15) is 0 Å². The molecule has 0 fully saturated rings. The van der Waals surface area contributed by atoms with Gasteiger partial charge in [-0.3, -0.25) is 10.1 Å². The van der Waals surface area contributed by atoms with Crippen molar-refractivity contribution in [3.8, 4) is 0 Å². The molecule has 0 aromatic heterocycles. The van der Waals surface area contributed by atoms with Crippen molar-refractivity contribution in [1.82, 2.24) is 0 Å². The van der Waals surface area contributed by atoms with Crippen molar-refractivity contribution >= 4 is 11.4 Å². The Labute approximate surface area is 75.8 Å². The minimum Gasteiger partial charge on any atom is -0.258 e.